The average Bonchev–Trinajstić information content (AvgIpc) is 3.33. The predicted molar refractivity (Wildman–Crippen MR) is 114 cm³/mol. The summed E-state index contributed by atoms with van der Waals surface area (Å²) in [6.07, 6.45) is -1.16. The van der Waals surface area contributed by atoms with E-state index in [0.717, 1.165) is 16.7 Å². The molecule has 2 aromatic carbocycles. The van der Waals surface area contributed by atoms with Crippen molar-refractivity contribution in [2.75, 3.05) is 12.4 Å². The number of rotatable bonds is 4. The number of methoxy groups -OCH3 is 1. The number of nitrogens with one attached hydrogen (secondary N) is 3. The monoisotopic (exact) mass is 476 g/mol. The molecule has 3 aromatic rings. The number of nitrogens with zero attached hydrogens (tertiary/aromatic N) is 1. The van der Waals surface area contributed by atoms with Crippen LogP contribution in [0.15, 0.2) is 54.9 Å². The summed E-state index contributed by atoms with van der Waals surface area (Å²) in [6.45, 7) is 0. The van der Waals surface area contributed by atoms with Crippen LogP contribution < -0.4 is 15.4 Å². The van der Waals surface area contributed by atoms with Gasteiger partial charge in [0.1, 0.15) is 11.8 Å². The second kappa shape index (κ2) is 10.1. The van der Waals surface area contributed by atoms with Crippen LogP contribution in [0, 0.1) is 0 Å². The Balaban J connectivity index is 0.000000406. The van der Waals surface area contributed by atoms with E-state index in [9.17, 15) is 22.8 Å². The minimum absolute atomic E-state index is 0.232. The number of carbonyl (C=O) groups is 3. The van der Waals surface area contributed by atoms with Crippen LogP contribution in [0.25, 0.3) is 11.1 Å². The van der Waals surface area contributed by atoms with Gasteiger partial charge in [0.15, 0.2) is 0 Å². The highest BCUT2D eigenvalue weighted by Gasteiger charge is 2.38. The third-order valence-corrected chi connectivity index (χ3v) is 4.83. The van der Waals surface area contributed by atoms with Crippen LogP contribution in [0.2, 0.25) is 0 Å². The van der Waals surface area contributed by atoms with E-state index in [2.05, 4.69) is 20.8 Å². The van der Waals surface area contributed by atoms with Gasteiger partial charge >= 0.3 is 12.1 Å². The fraction of sp³-hybridized carbons (Fsp3) is 0.182. The lowest BCUT2D eigenvalue weighted by Gasteiger charge is -2.25. The third-order valence-electron chi connectivity index (χ3n) is 4.83. The molecular weight excluding hydrogens is 457 g/mol. The molecule has 12 heteroatoms. The zero-order chi connectivity index (χ0) is 24.9. The number of alkyl halides is 3. The van der Waals surface area contributed by atoms with E-state index in [0.29, 0.717) is 23.4 Å². The number of aromatic amines is 1. The van der Waals surface area contributed by atoms with Gasteiger partial charge in [-0.1, -0.05) is 18.2 Å². The number of hydrogen-bond donors (Lipinski definition) is 4. The molecule has 2 heterocycles. The van der Waals surface area contributed by atoms with Crippen molar-refractivity contribution in [3.8, 4) is 16.9 Å². The van der Waals surface area contributed by atoms with Crippen molar-refractivity contribution in [2.24, 2.45) is 0 Å². The summed E-state index contributed by atoms with van der Waals surface area (Å²) in [7, 11) is 1.57. The number of carboxylic acid groups (broad SMARTS) is 1. The van der Waals surface area contributed by atoms with E-state index in [1.54, 1.807) is 37.7 Å². The molecular formula is C22H19F3N4O5. The smallest absolute Gasteiger partial charge is 0.490 e. The van der Waals surface area contributed by atoms with Crippen molar-refractivity contribution < 1.29 is 37.4 Å². The maximum absolute atomic E-state index is 12.7. The second-order valence-electron chi connectivity index (χ2n) is 7.08. The minimum atomic E-state index is -5.08. The normalized spacial score (nSPS) is 14.7. The molecule has 4 N–H and O–H groups in total. The van der Waals surface area contributed by atoms with Gasteiger partial charge in [-0.25, -0.2) is 4.79 Å². The lowest BCUT2D eigenvalue weighted by atomic mass is 9.95. The molecule has 34 heavy (non-hydrogen) atoms. The number of hydrogen-bond acceptors (Lipinski definition) is 5. The van der Waals surface area contributed by atoms with E-state index in [-0.39, 0.29) is 11.8 Å². The molecule has 9 nitrogen and oxygen atoms in total. The summed E-state index contributed by atoms with van der Waals surface area (Å²) in [5.74, 6) is -2.64. The second-order valence-corrected chi connectivity index (χ2v) is 7.08. The summed E-state index contributed by atoms with van der Waals surface area (Å²) >= 11 is 0. The highest BCUT2D eigenvalue weighted by atomic mass is 19.4. The topological polar surface area (TPSA) is 133 Å². The van der Waals surface area contributed by atoms with Crippen LogP contribution in [0.4, 0.5) is 18.9 Å². The SMILES string of the molecule is COc1cc(NC(=O)[C@H]2Cc3ccccc3C(=O)N2)ccc1-c1cn[nH]c1.O=C(O)C(F)(F)F. The molecule has 178 valence electrons. The number of H-pyrrole nitrogens is 1. The number of carboxylic acids is 1. The Labute approximate surface area is 190 Å². The summed E-state index contributed by atoms with van der Waals surface area (Å²) < 4.78 is 37.2. The van der Waals surface area contributed by atoms with Gasteiger partial charge in [-0.15, -0.1) is 0 Å². The van der Waals surface area contributed by atoms with Crippen LogP contribution >= 0.6 is 0 Å². The van der Waals surface area contributed by atoms with Gasteiger partial charge in [-0.05, 0) is 23.8 Å². The molecule has 0 fully saturated rings. The number of anilines is 1. The average molecular weight is 476 g/mol. The molecule has 1 aliphatic rings. The van der Waals surface area contributed by atoms with E-state index < -0.39 is 18.2 Å². The first-order valence-corrected chi connectivity index (χ1v) is 9.77. The van der Waals surface area contributed by atoms with Gasteiger partial charge < -0.3 is 20.5 Å². The standard InChI is InChI=1S/C20H18N4O3.C2HF3O2/c1-27-18-9-14(6-7-15(18)13-10-21-22-11-13)23-20(26)17-8-12-4-2-3-5-16(12)19(25)24-17;3-2(4,5)1(6)7/h2-7,9-11,17H,8H2,1H3,(H,21,22)(H,23,26)(H,24,25);(H,6,7)/t17-;/m1./s1. The number of fused-ring (bicyclic) bond motifs is 1. The number of aliphatic carboxylic acids is 1. The molecule has 4 rings (SSSR count). The molecule has 0 saturated carbocycles. The maximum Gasteiger partial charge on any atom is 0.490 e. The zero-order valence-corrected chi connectivity index (χ0v) is 17.6. The summed E-state index contributed by atoms with van der Waals surface area (Å²) in [4.78, 5) is 33.8. The van der Waals surface area contributed by atoms with Crippen LogP contribution in [-0.2, 0) is 16.0 Å². The lowest BCUT2D eigenvalue weighted by Crippen LogP contribution is -2.48. The van der Waals surface area contributed by atoms with Gasteiger partial charge in [0.25, 0.3) is 5.91 Å². The van der Waals surface area contributed by atoms with E-state index in [4.69, 9.17) is 14.6 Å². The van der Waals surface area contributed by atoms with Gasteiger partial charge in [0.2, 0.25) is 5.91 Å². The molecule has 0 aliphatic carbocycles. The van der Waals surface area contributed by atoms with E-state index in [1.165, 1.54) is 0 Å². The number of ether oxygens (including phenoxy) is 1. The molecule has 0 spiro atoms. The Morgan fingerprint density at radius 1 is 1.18 bits per heavy atom. The highest BCUT2D eigenvalue weighted by molar-refractivity contribution is 6.04. The molecule has 1 aromatic heterocycles. The molecule has 2 amide bonds. The summed E-state index contributed by atoms with van der Waals surface area (Å²) in [5, 5.41) is 19.4. The van der Waals surface area contributed by atoms with E-state index >= 15 is 0 Å². The zero-order valence-electron chi connectivity index (χ0n) is 17.6. The van der Waals surface area contributed by atoms with Gasteiger partial charge in [0.05, 0.1) is 13.3 Å². The Hall–Kier alpha value is -4.35. The third kappa shape index (κ3) is 5.71. The van der Waals surface area contributed by atoms with E-state index in [1.807, 2.05) is 24.3 Å². The van der Waals surface area contributed by atoms with Crippen molar-refractivity contribution in [1.29, 1.82) is 0 Å². The largest absolute Gasteiger partial charge is 0.496 e. The number of carbonyl (C=O) groups excluding carboxylic acids is 2. The lowest BCUT2D eigenvalue weighted by molar-refractivity contribution is -0.192. The number of halogens is 3. The first-order valence-electron chi connectivity index (χ1n) is 9.77. The predicted octanol–water partition coefficient (Wildman–Crippen LogP) is 3.01. The maximum atomic E-state index is 12.7. The Morgan fingerprint density at radius 2 is 1.88 bits per heavy atom. The molecule has 0 radical (unpaired) electrons. The van der Waals surface area contributed by atoms with Crippen molar-refractivity contribution in [3.63, 3.8) is 0 Å². The quantitative estimate of drug-likeness (QED) is 0.458. The Morgan fingerprint density at radius 3 is 2.50 bits per heavy atom. The molecule has 1 atom stereocenters. The van der Waals surface area contributed by atoms with Crippen molar-refractivity contribution in [1.82, 2.24) is 15.5 Å². The first kappa shape index (κ1) is 24.3. The van der Waals surface area contributed by atoms with Crippen molar-refractivity contribution in [2.45, 2.75) is 18.6 Å². The minimum Gasteiger partial charge on any atom is -0.496 e. The number of amides is 2. The van der Waals surface area contributed by atoms with Crippen LogP contribution in [0.3, 0.4) is 0 Å². The first-order chi connectivity index (χ1) is 16.1. The molecule has 1 aliphatic heterocycles. The summed E-state index contributed by atoms with van der Waals surface area (Å²) in [5.41, 5.74) is 3.84. The summed E-state index contributed by atoms with van der Waals surface area (Å²) in [6, 6.07) is 12.1. The molecule has 0 unspecified atom stereocenters. The van der Waals surface area contributed by atoms with Crippen LogP contribution in [0.5, 0.6) is 5.75 Å². The number of benzene rings is 2. The Kier molecular flexibility index (Phi) is 7.19. The molecule has 0 saturated heterocycles. The molecule has 0 bridgehead atoms. The Bertz CT molecular complexity index is 1200. The van der Waals surface area contributed by atoms with Gasteiger partial charge in [0, 0.05) is 41.1 Å². The van der Waals surface area contributed by atoms with Crippen LogP contribution in [-0.4, -0.2) is 52.4 Å². The fourth-order valence-corrected chi connectivity index (χ4v) is 3.22. The van der Waals surface area contributed by atoms with Crippen LogP contribution in [0.1, 0.15) is 15.9 Å². The fourth-order valence-electron chi connectivity index (χ4n) is 3.22. The van der Waals surface area contributed by atoms with Gasteiger partial charge in [-0.3, -0.25) is 14.7 Å². The van der Waals surface area contributed by atoms with Crippen molar-refractivity contribution in [3.05, 3.63) is 66.0 Å². The highest BCUT2D eigenvalue weighted by Crippen LogP contribution is 2.32. The van der Waals surface area contributed by atoms with Crippen molar-refractivity contribution >= 4 is 23.5 Å². The van der Waals surface area contributed by atoms with Gasteiger partial charge in [-0.2, -0.15) is 18.3 Å². The number of aromatic nitrogens is 2.